The Hall–Kier alpha value is -3.09. The summed E-state index contributed by atoms with van der Waals surface area (Å²) in [7, 11) is 0. The summed E-state index contributed by atoms with van der Waals surface area (Å²) < 4.78 is 30.6. The predicted molar refractivity (Wildman–Crippen MR) is 117 cm³/mol. The Kier molecular flexibility index (Phi) is 5.49. The van der Waals surface area contributed by atoms with Gasteiger partial charge < -0.3 is 9.47 Å². The van der Waals surface area contributed by atoms with Crippen LogP contribution in [0.25, 0.3) is 11.1 Å². The van der Waals surface area contributed by atoms with Gasteiger partial charge in [0, 0.05) is 30.6 Å². The second-order valence-corrected chi connectivity index (χ2v) is 8.75. The summed E-state index contributed by atoms with van der Waals surface area (Å²) in [5, 5.41) is 8.84. The van der Waals surface area contributed by atoms with Crippen LogP contribution in [0, 0.1) is 18.6 Å². The molecule has 3 aromatic rings. The van der Waals surface area contributed by atoms with E-state index in [0.29, 0.717) is 28.8 Å². The number of aromatic nitrogens is 3. The molecule has 1 fully saturated rings. The fourth-order valence-electron chi connectivity index (χ4n) is 4.99. The SMILES string of the molecule is Cc1cc(F)ccc1-c1ccc(C(=O)N2CCCC2c2nnc3n2CCCCC3)cc1F. The topological polar surface area (TPSA) is 51.0 Å². The van der Waals surface area contributed by atoms with Gasteiger partial charge in [0.15, 0.2) is 5.82 Å². The van der Waals surface area contributed by atoms with Crippen molar-refractivity contribution in [3.8, 4) is 11.1 Å². The molecule has 5 rings (SSSR count). The van der Waals surface area contributed by atoms with Gasteiger partial charge in [-0.2, -0.15) is 0 Å². The smallest absolute Gasteiger partial charge is 0.254 e. The third kappa shape index (κ3) is 3.70. The van der Waals surface area contributed by atoms with Crippen LogP contribution in [-0.4, -0.2) is 32.1 Å². The van der Waals surface area contributed by atoms with Crippen LogP contribution in [0.15, 0.2) is 36.4 Å². The molecule has 0 spiro atoms. The quantitative estimate of drug-likeness (QED) is 0.565. The summed E-state index contributed by atoms with van der Waals surface area (Å²) in [6, 6.07) is 8.68. The Bertz CT molecular complexity index is 1170. The van der Waals surface area contributed by atoms with Crippen molar-refractivity contribution in [3.05, 3.63) is 70.8 Å². The number of fused-ring (bicyclic) bond motifs is 1. The first kappa shape index (κ1) is 20.8. The van der Waals surface area contributed by atoms with Crippen molar-refractivity contribution < 1.29 is 13.6 Å². The van der Waals surface area contributed by atoms with Crippen molar-refractivity contribution >= 4 is 5.91 Å². The normalized spacial score (nSPS) is 18.5. The molecule has 0 N–H and O–H groups in total. The number of carbonyl (C=O) groups excluding carboxylic acids is 1. The number of nitrogens with zero attached hydrogens (tertiary/aromatic N) is 4. The monoisotopic (exact) mass is 436 g/mol. The van der Waals surface area contributed by atoms with Gasteiger partial charge in [-0.3, -0.25) is 4.79 Å². The van der Waals surface area contributed by atoms with E-state index in [-0.39, 0.29) is 17.8 Å². The van der Waals surface area contributed by atoms with Crippen molar-refractivity contribution in [1.82, 2.24) is 19.7 Å². The van der Waals surface area contributed by atoms with Gasteiger partial charge in [0.1, 0.15) is 17.5 Å². The second-order valence-electron chi connectivity index (χ2n) is 8.75. The molecule has 2 aliphatic rings. The highest BCUT2D eigenvalue weighted by molar-refractivity contribution is 5.95. The van der Waals surface area contributed by atoms with E-state index in [9.17, 15) is 9.18 Å². The van der Waals surface area contributed by atoms with E-state index in [0.717, 1.165) is 50.3 Å². The number of carbonyl (C=O) groups is 1. The number of hydrogen-bond acceptors (Lipinski definition) is 3. The molecule has 7 heteroatoms. The third-order valence-corrected chi connectivity index (χ3v) is 6.64. The van der Waals surface area contributed by atoms with Crippen molar-refractivity contribution in [2.24, 2.45) is 0 Å². The van der Waals surface area contributed by atoms with Crippen LogP contribution in [0.5, 0.6) is 0 Å². The molecule has 1 atom stereocenters. The zero-order chi connectivity index (χ0) is 22.2. The molecule has 2 aliphatic heterocycles. The number of likely N-dealkylation sites (tertiary alicyclic amines) is 1. The fraction of sp³-hybridized carbons (Fsp3) is 0.400. The number of halogens is 2. The van der Waals surface area contributed by atoms with Crippen molar-refractivity contribution in [1.29, 1.82) is 0 Å². The number of benzene rings is 2. The minimum absolute atomic E-state index is 0.135. The van der Waals surface area contributed by atoms with Crippen LogP contribution >= 0.6 is 0 Å². The Morgan fingerprint density at radius 1 is 0.969 bits per heavy atom. The van der Waals surface area contributed by atoms with Gasteiger partial charge in [-0.05, 0) is 68.0 Å². The van der Waals surface area contributed by atoms with Crippen LogP contribution in [0.3, 0.4) is 0 Å². The van der Waals surface area contributed by atoms with E-state index in [2.05, 4.69) is 14.8 Å². The van der Waals surface area contributed by atoms with Crippen molar-refractivity contribution in [3.63, 3.8) is 0 Å². The highest BCUT2D eigenvalue weighted by Gasteiger charge is 2.35. The molecule has 0 saturated carbocycles. The average molecular weight is 437 g/mol. The maximum Gasteiger partial charge on any atom is 0.254 e. The van der Waals surface area contributed by atoms with Gasteiger partial charge in [0.05, 0.1) is 6.04 Å². The molecule has 2 aromatic carbocycles. The second kappa shape index (κ2) is 8.45. The number of hydrogen-bond donors (Lipinski definition) is 0. The van der Waals surface area contributed by atoms with E-state index in [1.807, 2.05) is 0 Å². The minimum atomic E-state index is -0.488. The lowest BCUT2D eigenvalue weighted by Gasteiger charge is -2.25. The minimum Gasteiger partial charge on any atom is -0.328 e. The first-order valence-electron chi connectivity index (χ1n) is 11.3. The van der Waals surface area contributed by atoms with E-state index in [4.69, 9.17) is 0 Å². The molecule has 1 aromatic heterocycles. The van der Waals surface area contributed by atoms with Crippen LogP contribution < -0.4 is 0 Å². The lowest BCUT2D eigenvalue weighted by Crippen LogP contribution is -2.32. The molecule has 0 bridgehead atoms. The van der Waals surface area contributed by atoms with E-state index in [1.54, 1.807) is 30.0 Å². The lowest BCUT2D eigenvalue weighted by atomic mass is 9.98. The van der Waals surface area contributed by atoms with Gasteiger partial charge in [-0.1, -0.05) is 18.6 Å². The van der Waals surface area contributed by atoms with Crippen LogP contribution in [0.1, 0.15) is 65.7 Å². The van der Waals surface area contributed by atoms with Crippen LogP contribution in [0.2, 0.25) is 0 Å². The van der Waals surface area contributed by atoms with E-state index < -0.39 is 5.82 Å². The fourth-order valence-corrected chi connectivity index (χ4v) is 4.99. The maximum absolute atomic E-state index is 15.0. The Labute approximate surface area is 186 Å². The summed E-state index contributed by atoms with van der Waals surface area (Å²) in [6.07, 6.45) is 6.02. The molecule has 0 radical (unpaired) electrons. The zero-order valence-corrected chi connectivity index (χ0v) is 18.2. The molecule has 1 saturated heterocycles. The van der Waals surface area contributed by atoms with Gasteiger partial charge in [0.2, 0.25) is 0 Å². The summed E-state index contributed by atoms with van der Waals surface area (Å²) >= 11 is 0. The Morgan fingerprint density at radius 2 is 1.81 bits per heavy atom. The molecule has 1 amide bonds. The zero-order valence-electron chi connectivity index (χ0n) is 18.2. The molecule has 32 heavy (non-hydrogen) atoms. The first-order chi connectivity index (χ1) is 15.5. The molecule has 166 valence electrons. The Morgan fingerprint density at radius 3 is 2.62 bits per heavy atom. The summed E-state index contributed by atoms with van der Waals surface area (Å²) in [5.74, 6) is 0.816. The standard InChI is InChI=1S/C25H26F2N4O/c1-16-14-18(26)9-11-19(16)20-10-8-17(15-21(20)27)25(32)30-13-5-6-22(30)24-29-28-23-7-3-2-4-12-31(23)24/h8-11,14-15,22H,2-7,12-13H2,1H3. The molecule has 5 nitrogen and oxygen atoms in total. The lowest BCUT2D eigenvalue weighted by molar-refractivity contribution is 0.0726. The first-order valence-corrected chi connectivity index (χ1v) is 11.3. The van der Waals surface area contributed by atoms with Crippen LogP contribution in [0.4, 0.5) is 8.78 Å². The molecular formula is C25H26F2N4O. The predicted octanol–water partition coefficient (Wildman–Crippen LogP) is 5.24. The summed E-state index contributed by atoms with van der Waals surface area (Å²) in [4.78, 5) is 15.2. The highest BCUT2D eigenvalue weighted by Crippen LogP contribution is 2.34. The molecule has 3 heterocycles. The molecule has 1 unspecified atom stereocenters. The third-order valence-electron chi connectivity index (χ3n) is 6.64. The summed E-state index contributed by atoms with van der Waals surface area (Å²) in [5.41, 5.74) is 1.94. The summed E-state index contributed by atoms with van der Waals surface area (Å²) in [6.45, 7) is 3.25. The Balaban J connectivity index is 1.43. The van der Waals surface area contributed by atoms with E-state index >= 15 is 4.39 Å². The van der Waals surface area contributed by atoms with Crippen LogP contribution in [-0.2, 0) is 13.0 Å². The van der Waals surface area contributed by atoms with Gasteiger partial charge in [-0.15, -0.1) is 10.2 Å². The van der Waals surface area contributed by atoms with Gasteiger partial charge >= 0.3 is 0 Å². The maximum atomic E-state index is 15.0. The van der Waals surface area contributed by atoms with Crippen molar-refractivity contribution in [2.45, 2.75) is 58.0 Å². The van der Waals surface area contributed by atoms with Gasteiger partial charge in [-0.25, -0.2) is 8.78 Å². The largest absolute Gasteiger partial charge is 0.328 e. The highest BCUT2D eigenvalue weighted by atomic mass is 19.1. The van der Waals surface area contributed by atoms with Crippen molar-refractivity contribution in [2.75, 3.05) is 6.54 Å². The molecular weight excluding hydrogens is 410 g/mol. The molecule has 0 aliphatic carbocycles. The number of rotatable bonds is 3. The average Bonchev–Trinajstić information content (AvgIpc) is 3.34. The number of amides is 1. The van der Waals surface area contributed by atoms with Gasteiger partial charge in [0.25, 0.3) is 5.91 Å². The van der Waals surface area contributed by atoms with E-state index in [1.165, 1.54) is 24.6 Å². The number of aryl methyl sites for hydroxylation is 2.